The minimum Gasteiger partial charge on any atom is -0.340 e. The number of benzene rings is 1. The van der Waals surface area contributed by atoms with Crippen LogP contribution in [0.1, 0.15) is 10.4 Å². The Balaban J connectivity index is 1.72. The van der Waals surface area contributed by atoms with Gasteiger partial charge in [-0.25, -0.2) is 19.7 Å². The van der Waals surface area contributed by atoms with Gasteiger partial charge in [-0.15, -0.1) is 0 Å². The monoisotopic (exact) mass is 282 g/mol. The fraction of sp³-hybridized carbons (Fsp3) is 0. The van der Waals surface area contributed by atoms with Crippen LogP contribution in [0.5, 0.6) is 0 Å². The number of H-pyrrole nitrogens is 1. The first-order valence-corrected chi connectivity index (χ1v) is 6.05. The quantitative estimate of drug-likeness (QED) is 0.656. The van der Waals surface area contributed by atoms with Crippen LogP contribution in [0.4, 0.5) is 10.6 Å². The van der Waals surface area contributed by atoms with Gasteiger partial charge in [-0.3, -0.25) is 15.4 Å². The zero-order valence-electron chi connectivity index (χ0n) is 10.7. The highest BCUT2D eigenvalue weighted by Crippen LogP contribution is 2.13. The van der Waals surface area contributed by atoms with Gasteiger partial charge in [0.25, 0.3) is 5.91 Å². The van der Waals surface area contributed by atoms with Crippen molar-refractivity contribution < 1.29 is 9.59 Å². The lowest BCUT2D eigenvalue weighted by Crippen LogP contribution is -2.34. The number of nitrogens with one attached hydrogen (secondary N) is 3. The van der Waals surface area contributed by atoms with Gasteiger partial charge in [-0.2, -0.15) is 0 Å². The maximum absolute atomic E-state index is 11.8. The normalized spacial score (nSPS) is 10.3. The lowest BCUT2D eigenvalue weighted by molar-refractivity contribution is 0.0967. The zero-order valence-corrected chi connectivity index (χ0v) is 10.7. The Kier molecular flexibility index (Phi) is 3.26. The molecular formula is C13H10N6O2. The van der Waals surface area contributed by atoms with Crippen LogP contribution in [0.15, 0.2) is 43.0 Å². The van der Waals surface area contributed by atoms with Crippen molar-refractivity contribution in [1.29, 1.82) is 0 Å². The smallest absolute Gasteiger partial charge is 0.327 e. The molecule has 0 unspecified atom stereocenters. The molecule has 0 bridgehead atoms. The average Bonchev–Trinajstić information content (AvgIpc) is 2.97. The minimum absolute atomic E-state index is 0.246. The standard InChI is InChI=1S/C13H10N6O2/c20-12(8-4-2-1-3-5-8)19-13(21)18-11-9-10(15-6-14-9)16-7-17-11/h1-7H,(H3,14,15,16,17,18,19,20,21). The van der Waals surface area contributed by atoms with Crippen LogP contribution < -0.4 is 10.6 Å². The van der Waals surface area contributed by atoms with Gasteiger partial charge in [-0.05, 0) is 12.1 Å². The Labute approximate surface area is 118 Å². The van der Waals surface area contributed by atoms with E-state index in [2.05, 4.69) is 30.6 Å². The summed E-state index contributed by atoms with van der Waals surface area (Å²) in [5, 5.41) is 4.70. The molecule has 0 aliphatic heterocycles. The number of imidazole rings is 1. The molecule has 0 radical (unpaired) electrons. The third kappa shape index (κ3) is 2.68. The number of imide groups is 1. The summed E-state index contributed by atoms with van der Waals surface area (Å²) in [5.74, 6) is -0.251. The molecule has 3 amide bonds. The molecule has 1 aromatic carbocycles. The van der Waals surface area contributed by atoms with Gasteiger partial charge in [0.1, 0.15) is 11.8 Å². The van der Waals surface area contributed by atoms with Gasteiger partial charge in [0.2, 0.25) is 0 Å². The average molecular weight is 282 g/mol. The van der Waals surface area contributed by atoms with Crippen LogP contribution in [-0.2, 0) is 0 Å². The summed E-state index contributed by atoms with van der Waals surface area (Å²) in [6.45, 7) is 0. The molecule has 0 atom stereocenters. The highest BCUT2D eigenvalue weighted by atomic mass is 16.2. The predicted octanol–water partition coefficient (Wildman–Crippen LogP) is 1.31. The topological polar surface area (TPSA) is 113 Å². The molecule has 3 aromatic rings. The second-order valence-electron chi connectivity index (χ2n) is 4.10. The van der Waals surface area contributed by atoms with Crippen molar-refractivity contribution in [3.05, 3.63) is 48.5 Å². The summed E-state index contributed by atoms with van der Waals surface area (Å²) >= 11 is 0. The largest absolute Gasteiger partial charge is 0.340 e. The number of aromatic amines is 1. The third-order valence-electron chi connectivity index (χ3n) is 2.72. The van der Waals surface area contributed by atoms with Gasteiger partial charge >= 0.3 is 6.03 Å². The number of fused-ring (bicyclic) bond motifs is 1. The number of carbonyl (C=O) groups is 2. The van der Waals surface area contributed by atoms with Gasteiger partial charge in [0, 0.05) is 5.56 Å². The molecule has 2 aromatic heterocycles. The Morgan fingerprint density at radius 1 is 1.05 bits per heavy atom. The molecule has 0 aliphatic rings. The Morgan fingerprint density at radius 2 is 1.86 bits per heavy atom. The molecule has 2 heterocycles. The number of rotatable bonds is 2. The van der Waals surface area contributed by atoms with Crippen LogP contribution >= 0.6 is 0 Å². The van der Waals surface area contributed by atoms with Crippen molar-refractivity contribution in [2.24, 2.45) is 0 Å². The summed E-state index contributed by atoms with van der Waals surface area (Å²) in [6.07, 6.45) is 2.72. The summed E-state index contributed by atoms with van der Waals surface area (Å²) in [5.41, 5.74) is 1.30. The van der Waals surface area contributed by atoms with E-state index in [-0.39, 0.29) is 5.82 Å². The molecule has 0 fully saturated rings. The second-order valence-corrected chi connectivity index (χ2v) is 4.10. The fourth-order valence-electron chi connectivity index (χ4n) is 1.76. The molecule has 104 valence electrons. The predicted molar refractivity (Wildman–Crippen MR) is 74.6 cm³/mol. The van der Waals surface area contributed by atoms with Gasteiger partial charge in [0.15, 0.2) is 11.5 Å². The first kappa shape index (κ1) is 12.7. The van der Waals surface area contributed by atoms with Crippen molar-refractivity contribution in [3.63, 3.8) is 0 Å². The highest BCUT2D eigenvalue weighted by Gasteiger charge is 2.12. The first-order valence-electron chi connectivity index (χ1n) is 6.05. The second kappa shape index (κ2) is 5.37. The van der Waals surface area contributed by atoms with Gasteiger partial charge < -0.3 is 4.98 Å². The van der Waals surface area contributed by atoms with Crippen molar-refractivity contribution in [2.75, 3.05) is 5.32 Å². The van der Waals surface area contributed by atoms with E-state index < -0.39 is 11.9 Å². The number of hydrogen-bond acceptors (Lipinski definition) is 5. The number of anilines is 1. The van der Waals surface area contributed by atoms with Crippen LogP contribution in [-0.4, -0.2) is 31.9 Å². The van der Waals surface area contributed by atoms with Crippen molar-refractivity contribution in [3.8, 4) is 0 Å². The molecule has 3 N–H and O–H groups in total. The molecule has 21 heavy (non-hydrogen) atoms. The number of hydrogen-bond donors (Lipinski definition) is 3. The maximum Gasteiger partial charge on any atom is 0.327 e. The number of nitrogens with zero attached hydrogens (tertiary/aromatic N) is 3. The minimum atomic E-state index is -0.682. The summed E-state index contributed by atoms with van der Waals surface area (Å²) in [6, 6.07) is 7.75. The number of amides is 3. The van der Waals surface area contributed by atoms with Crippen LogP contribution in [0.25, 0.3) is 11.2 Å². The molecule has 0 spiro atoms. The molecule has 8 heteroatoms. The molecule has 0 saturated heterocycles. The zero-order chi connectivity index (χ0) is 14.7. The SMILES string of the molecule is O=C(NC(=O)c1ccccc1)Nc1ncnc2nc[nH]c12. The van der Waals surface area contributed by atoms with E-state index in [4.69, 9.17) is 0 Å². The van der Waals surface area contributed by atoms with E-state index in [1.54, 1.807) is 30.3 Å². The Hall–Kier alpha value is -3.29. The van der Waals surface area contributed by atoms with Crippen molar-refractivity contribution in [1.82, 2.24) is 25.3 Å². The van der Waals surface area contributed by atoms with E-state index in [9.17, 15) is 9.59 Å². The number of carbonyl (C=O) groups excluding carboxylic acids is 2. The Bertz CT molecular complexity index is 799. The first-order chi connectivity index (χ1) is 10.2. The van der Waals surface area contributed by atoms with E-state index in [1.807, 2.05) is 0 Å². The van der Waals surface area contributed by atoms with Crippen LogP contribution in [0.2, 0.25) is 0 Å². The van der Waals surface area contributed by atoms with Crippen LogP contribution in [0, 0.1) is 0 Å². The van der Waals surface area contributed by atoms with Gasteiger partial charge in [-0.1, -0.05) is 18.2 Å². The fourth-order valence-corrected chi connectivity index (χ4v) is 1.76. The molecule has 0 saturated carbocycles. The highest BCUT2D eigenvalue weighted by molar-refractivity contribution is 6.09. The van der Waals surface area contributed by atoms with Crippen LogP contribution in [0.3, 0.4) is 0 Å². The van der Waals surface area contributed by atoms with E-state index in [0.717, 1.165) is 0 Å². The number of aromatic nitrogens is 4. The third-order valence-corrected chi connectivity index (χ3v) is 2.72. The van der Waals surface area contributed by atoms with Gasteiger partial charge in [0.05, 0.1) is 6.33 Å². The van der Waals surface area contributed by atoms with Crippen molar-refractivity contribution >= 4 is 28.9 Å². The van der Waals surface area contributed by atoms with E-state index in [0.29, 0.717) is 16.7 Å². The summed E-state index contributed by atoms with van der Waals surface area (Å²) in [7, 11) is 0. The summed E-state index contributed by atoms with van der Waals surface area (Å²) in [4.78, 5) is 38.3. The molecule has 8 nitrogen and oxygen atoms in total. The number of urea groups is 1. The molecule has 3 rings (SSSR count). The lowest BCUT2D eigenvalue weighted by Gasteiger charge is -2.06. The lowest BCUT2D eigenvalue weighted by atomic mass is 10.2. The van der Waals surface area contributed by atoms with Crippen molar-refractivity contribution in [2.45, 2.75) is 0 Å². The van der Waals surface area contributed by atoms with E-state index >= 15 is 0 Å². The van der Waals surface area contributed by atoms with E-state index in [1.165, 1.54) is 12.7 Å². The summed E-state index contributed by atoms with van der Waals surface area (Å²) < 4.78 is 0. The Morgan fingerprint density at radius 3 is 2.67 bits per heavy atom. The molecule has 0 aliphatic carbocycles. The maximum atomic E-state index is 11.8. The molecular weight excluding hydrogens is 272 g/mol.